The van der Waals surface area contributed by atoms with Crippen LogP contribution >= 0.6 is 23.2 Å². The van der Waals surface area contributed by atoms with Crippen LogP contribution in [0.5, 0.6) is 0 Å². The van der Waals surface area contributed by atoms with Gasteiger partial charge in [-0.25, -0.2) is 13.8 Å². The van der Waals surface area contributed by atoms with Gasteiger partial charge in [0, 0.05) is 10.6 Å². The standard InChI is InChI=1S/C24H23Cl2N3O3S/c1-17(2)18-9-12-21(13-10-18)29(33(31,32)22-6-4-3-5-7-22)16-24(30)28-27-15-19-8-11-20(25)14-23(19)26/h3-15,17H,16H2,1-2H3,(H,28,30)/b27-15-. The zero-order chi connectivity index (χ0) is 24.0. The first-order valence-electron chi connectivity index (χ1n) is 10.1. The number of nitrogens with zero attached hydrogens (tertiary/aromatic N) is 2. The second-order valence-corrected chi connectivity index (χ2v) is 10.2. The van der Waals surface area contributed by atoms with Gasteiger partial charge in [-0.15, -0.1) is 0 Å². The topological polar surface area (TPSA) is 78.8 Å². The summed E-state index contributed by atoms with van der Waals surface area (Å²) in [6.45, 7) is 3.64. The van der Waals surface area contributed by atoms with E-state index in [0.717, 1.165) is 9.87 Å². The lowest BCUT2D eigenvalue weighted by atomic mass is 10.0. The second kappa shape index (κ2) is 10.8. The molecule has 3 rings (SSSR count). The predicted molar refractivity (Wildman–Crippen MR) is 134 cm³/mol. The van der Waals surface area contributed by atoms with Gasteiger partial charge in [-0.3, -0.25) is 9.10 Å². The molecule has 0 radical (unpaired) electrons. The summed E-state index contributed by atoms with van der Waals surface area (Å²) in [5.74, 6) is -0.320. The Kier molecular flexibility index (Phi) is 8.13. The number of hydrazone groups is 1. The van der Waals surface area contributed by atoms with E-state index in [4.69, 9.17) is 23.2 Å². The lowest BCUT2D eigenvalue weighted by Gasteiger charge is -2.24. The quantitative estimate of drug-likeness (QED) is 0.327. The van der Waals surface area contributed by atoms with E-state index in [0.29, 0.717) is 21.3 Å². The molecule has 1 amide bonds. The van der Waals surface area contributed by atoms with Crippen molar-refractivity contribution in [2.45, 2.75) is 24.7 Å². The highest BCUT2D eigenvalue weighted by molar-refractivity contribution is 7.92. The summed E-state index contributed by atoms with van der Waals surface area (Å²) in [4.78, 5) is 12.7. The molecule has 172 valence electrons. The van der Waals surface area contributed by atoms with Crippen LogP contribution in [0.1, 0.15) is 30.9 Å². The molecule has 1 N–H and O–H groups in total. The zero-order valence-corrected chi connectivity index (χ0v) is 20.4. The van der Waals surface area contributed by atoms with Gasteiger partial charge in [0.1, 0.15) is 6.54 Å². The molecule has 0 atom stereocenters. The van der Waals surface area contributed by atoms with Crippen LogP contribution in [0.25, 0.3) is 0 Å². The van der Waals surface area contributed by atoms with E-state index < -0.39 is 22.5 Å². The number of carbonyl (C=O) groups excluding carboxylic acids is 1. The highest BCUT2D eigenvalue weighted by Crippen LogP contribution is 2.26. The van der Waals surface area contributed by atoms with Crippen LogP contribution in [0.15, 0.2) is 82.8 Å². The molecule has 0 heterocycles. The minimum Gasteiger partial charge on any atom is -0.271 e. The van der Waals surface area contributed by atoms with Gasteiger partial charge in [-0.1, -0.05) is 73.4 Å². The molecule has 3 aromatic carbocycles. The number of hydrogen-bond acceptors (Lipinski definition) is 4. The van der Waals surface area contributed by atoms with Gasteiger partial charge in [-0.05, 0) is 47.9 Å². The van der Waals surface area contributed by atoms with Crippen molar-refractivity contribution in [2.75, 3.05) is 10.8 Å². The fourth-order valence-electron chi connectivity index (χ4n) is 3.01. The van der Waals surface area contributed by atoms with E-state index in [1.54, 1.807) is 48.5 Å². The Hall–Kier alpha value is -2.87. The number of amides is 1. The molecule has 0 aromatic heterocycles. The highest BCUT2D eigenvalue weighted by atomic mass is 35.5. The number of hydrogen-bond donors (Lipinski definition) is 1. The Morgan fingerprint density at radius 1 is 1.03 bits per heavy atom. The molecule has 0 aliphatic carbocycles. The lowest BCUT2D eigenvalue weighted by molar-refractivity contribution is -0.119. The number of benzene rings is 3. The van der Waals surface area contributed by atoms with Crippen molar-refractivity contribution >= 4 is 51.0 Å². The predicted octanol–water partition coefficient (Wildman–Crippen LogP) is 5.46. The van der Waals surface area contributed by atoms with Gasteiger partial charge in [-0.2, -0.15) is 5.10 Å². The summed E-state index contributed by atoms with van der Waals surface area (Å²) in [5, 5.41) is 4.75. The average molecular weight is 504 g/mol. The number of anilines is 1. The Balaban J connectivity index is 1.84. The van der Waals surface area contributed by atoms with E-state index in [1.165, 1.54) is 18.3 Å². The first-order valence-corrected chi connectivity index (χ1v) is 12.3. The number of halogens is 2. The van der Waals surface area contributed by atoms with E-state index in [9.17, 15) is 13.2 Å². The summed E-state index contributed by atoms with van der Waals surface area (Å²) in [6.07, 6.45) is 1.37. The zero-order valence-electron chi connectivity index (χ0n) is 18.1. The maximum Gasteiger partial charge on any atom is 0.264 e. The maximum atomic E-state index is 13.3. The van der Waals surface area contributed by atoms with Gasteiger partial charge in [0.2, 0.25) is 0 Å². The Morgan fingerprint density at radius 3 is 2.30 bits per heavy atom. The van der Waals surface area contributed by atoms with Gasteiger partial charge >= 0.3 is 0 Å². The van der Waals surface area contributed by atoms with Crippen molar-refractivity contribution in [2.24, 2.45) is 5.10 Å². The maximum absolute atomic E-state index is 13.3. The summed E-state index contributed by atoms with van der Waals surface area (Å²) in [6, 6.07) is 19.9. The van der Waals surface area contributed by atoms with Crippen LogP contribution in [-0.4, -0.2) is 27.1 Å². The van der Waals surface area contributed by atoms with Crippen LogP contribution in [0.4, 0.5) is 5.69 Å². The molecule has 9 heteroatoms. The molecule has 0 bridgehead atoms. The third kappa shape index (κ3) is 6.35. The number of nitrogens with one attached hydrogen (secondary N) is 1. The van der Waals surface area contributed by atoms with E-state index >= 15 is 0 Å². The lowest BCUT2D eigenvalue weighted by Crippen LogP contribution is -2.39. The molecule has 0 spiro atoms. The van der Waals surface area contributed by atoms with Crippen molar-refractivity contribution in [1.29, 1.82) is 0 Å². The minimum atomic E-state index is -3.99. The van der Waals surface area contributed by atoms with Crippen molar-refractivity contribution in [3.63, 3.8) is 0 Å². The second-order valence-electron chi connectivity index (χ2n) is 7.53. The highest BCUT2D eigenvalue weighted by Gasteiger charge is 2.27. The first kappa shape index (κ1) is 24.8. The van der Waals surface area contributed by atoms with Gasteiger partial charge in [0.15, 0.2) is 0 Å². The molecule has 3 aromatic rings. The molecular weight excluding hydrogens is 481 g/mol. The Labute approximate surface area is 203 Å². The SMILES string of the molecule is CC(C)c1ccc(N(CC(=O)N/N=C\c2ccc(Cl)cc2Cl)S(=O)(=O)c2ccccc2)cc1. The summed E-state index contributed by atoms with van der Waals surface area (Å²) < 4.78 is 27.7. The van der Waals surface area contributed by atoms with Crippen molar-refractivity contribution < 1.29 is 13.2 Å². The molecule has 0 saturated heterocycles. The van der Waals surface area contributed by atoms with E-state index in [-0.39, 0.29) is 10.8 Å². The largest absolute Gasteiger partial charge is 0.271 e. The third-order valence-electron chi connectivity index (χ3n) is 4.82. The molecule has 0 saturated carbocycles. The average Bonchev–Trinajstić information content (AvgIpc) is 2.79. The van der Waals surface area contributed by atoms with Crippen molar-refractivity contribution in [1.82, 2.24) is 5.43 Å². The third-order valence-corrected chi connectivity index (χ3v) is 7.17. The van der Waals surface area contributed by atoms with Gasteiger partial charge in [0.05, 0.1) is 21.8 Å². The number of rotatable bonds is 8. The fraction of sp³-hybridized carbons (Fsp3) is 0.167. The van der Waals surface area contributed by atoms with Crippen LogP contribution in [0.3, 0.4) is 0 Å². The first-order chi connectivity index (χ1) is 15.7. The van der Waals surface area contributed by atoms with Crippen molar-refractivity contribution in [3.8, 4) is 0 Å². The van der Waals surface area contributed by atoms with Gasteiger partial charge in [0.25, 0.3) is 15.9 Å². The molecule has 6 nitrogen and oxygen atoms in total. The molecular formula is C24H23Cl2N3O3S. The Bertz CT molecular complexity index is 1250. The molecule has 0 aliphatic heterocycles. The van der Waals surface area contributed by atoms with Crippen LogP contribution in [0.2, 0.25) is 10.0 Å². The fourth-order valence-corrected chi connectivity index (χ4v) is 4.91. The van der Waals surface area contributed by atoms with E-state index in [2.05, 4.69) is 10.5 Å². The number of carbonyl (C=O) groups is 1. The normalized spacial score (nSPS) is 11.7. The smallest absolute Gasteiger partial charge is 0.264 e. The van der Waals surface area contributed by atoms with Crippen LogP contribution in [-0.2, 0) is 14.8 Å². The Morgan fingerprint density at radius 2 is 1.70 bits per heavy atom. The van der Waals surface area contributed by atoms with E-state index in [1.807, 2.05) is 26.0 Å². The molecule has 0 aliphatic rings. The van der Waals surface area contributed by atoms with Crippen molar-refractivity contribution in [3.05, 3.63) is 94.0 Å². The van der Waals surface area contributed by atoms with Crippen LogP contribution in [0, 0.1) is 0 Å². The summed E-state index contributed by atoms with van der Waals surface area (Å²) in [7, 11) is -3.99. The van der Waals surface area contributed by atoms with Crippen LogP contribution < -0.4 is 9.73 Å². The minimum absolute atomic E-state index is 0.0854. The van der Waals surface area contributed by atoms with Gasteiger partial charge < -0.3 is 0 Å². The molecule has 0 unspecified atom stereocenters. The molecule has 33 heavy (non-hydrogen) atoms. The number of sulfonamides is 1. The molecule has 0 fully saturated rings. The monoisotopic (exact) mass is 503 g/mol. The summed E-state index contributed by atoms with van der Waals surface area (Å²) >= 11 is 12.0. The summed E-state index contributed by atoms with van der Waals surface area (Å²) in [5.41, 5.74) is 4.35.